The molecule has 1 aromatic heterocycles. The average molecular weight is 425 g/mol. The third-order valence-corrected chi connectivity index (χ3v) is 7.00. The van der Waals surface area contributed by atoms with E-state index in [9.17, 15) is 0 Å². The third kappa shape index (κ3) is 4.61. The summed E-state index contributed by atoms with van der Waals surface area (Å²) < 4.78 is 1.87. The second kappa shape index (κ2) is 8.17. The van der Waals surface area contributed by atoms with Crippen molar-refractivity contribution in [1.82, 2.24) is 14.8 Å². The number of aromatic nitrogens is 3. The quantitative estimate of drug-likeness (QED) is 0.543. The van der Waals surface area contributed by atoms with Gasteiger partial charge in [0.2, 0.25) is 0 Å². The number of rotatable bonds is 6. The fourth-order valence-corrected chi connectivity index (χ4v) is 5.65. The van der Waals surface area contributed by atoms with Crippen molar-refractivity contribution >= 4 is 38.2 Å². The van der Waals surface area contributed by atoms with Crippen molar-refractivity contribution in [2.45, 2.75) is 23.6 Å². The van der Waals surface area contributed by atoms with Crippen molar-refractivity contribution in [3.63, 3.8) is 0 Å². The van der Waals surface area contributed by atoms with E-state index in [1.807, 2.05) is 22.9 Å². The molecule has 1 atom stereocenters. The molecule has 3 rings (SSSR count). The monoisotopic (exact) mass is 425 g/mol. The molecule has 124 valence electrons. The molecule has 0 saturated carbocycles. The predicted molar refractivity (Wildman–Crippen MR) is 99.9 cm³/mol. The molecule has 0 aliphatic heterocycles. The summed E-state index contributed by atoms with van der Waals surface area (Å²) in [6.07, 6.45) is 3.31. The van der Waals surface area contributed by atoms with Crippen molar-refractivity contribution in [3.05, 3.63) is 81.9 Å². The van der Waals surface area contributed by atoms with E-state index in [-0.39, 0.29) is 0 Å². The van der Waals surface area contributed by atoms with Crippen LogP contribution in [0, 0.1) is 6.92 Å². The Balaban J connectivity index is 1.80. The second-order valence-corrected chi connectivity index (χ2v) is 8.91. The number of halogens is 2. The van der Waals surface area contributed by atoms with Gasteiger partial charge in [-0.1, -0.05) is 0 Å². The van der Waals surface area contributed by atoms with Crippen LogP contribution in [0.15, 0.2) is 55.1 Å². The Kier molecular flexibility index (Phi) is 5.96. The standard InChI is InChI=1S/C18H17Cl2N3Se/c1-13-2-4-14(5-3-13)10-24-18(9-23-12-21-11-22-23)16-7-6-15(19)8-17(16)20/h2-8,11-12,18H,9-10H2,1H3. The molecular weight excluding hydrogens is 408 g/mol. The Bertz CT molecular complexity index is 789. The first-order valence-corrected chi connectivity index (χ1v) is 10.5. The van der Waals surface area contributed by atoms with Crippen LogP contribution in [0.5, 0.6) is 0 Å². The van der Waals surface area contributed by atoms with Crippen LogP contribution in [0.1, 0.15) is 21.5 Å². The zero-order valence-corrected chi connectivity index (χ0v) is 16.4. The molecule has 6 heteroatoms. The molecule has 0 bridgehead atoms. The summed E-state index contributed by atoms with van der Waals surface area (Å²) in [5.41, 5.74) is 3.77. The van der Waals surface area contributed by atoms with Crippen LogP contribution in [0.25, 0.3) is 0 Å². The van der Waals surface area contributed by atoms with Crippen molar-refractivity contribution in [3.8, 4) is 0 Å². The van der Waals surface area contributed by atoms with Crippen molar-refractivity contribution in [2.24, 2.45) is 0 Å². The molecule has 3 nitrogen and oxygen atoms in total. The van der Waals surface area contributed by atoms with E-state index in [1.54, 1.807) is 12.7 Å². The third-order valence-electron chi connectivity index (χ3n) is 3.70. The normalized spacial score (nSPS) is 12.3. The van der Waals surface area contributed by atoms with Crippen LogP contribution in [0.2, 0.25) is 10.0 Å². The summed E-state index contributed by atoms with van der Waals surface area (Å²) in [5, 5.41) is 6.67. The molecule has 0 spiro atoms. The van der Waals surface area contributed by atoms with Crippen LogP contribution >= 0.6 is 23.2 Å². The Morgan fingerprint density at radius 1 is 1.12 bits per heavy atom. The van der Waals surface area contributed by atoms with Gasteiger partial charge in [0.15, 0.2) is 0 Å². The van der Waals surface area contributed by atoms with Gasteiger partial charge in [0.25, 0.3) is 0 Å². The molecule has 0 aliphatic carbocycles. The van der Waals surface area contributed by atoms with E-state index in [0.29, 0.717) is 24.8 Å². The first-order chi connectivity index (χ1) is 11.6. The molecular formula is C18H17Cl2N3Se. The summed E-state index contributed by atoms with van der Waals surface area (Å²) in [5.74, 6) is 0. The van der Waals surface area contributed by atoms with E-state index >= 15 is 0 Å². The van der Waals surface area contributed by atoms with Gasteiger partial charge in [-0.2, -0.15) is 0 Å². The van der Waals surface area contributed by atoms with E-state index in [4.69, 9.17) is 23.2 Å². The Morgan fingerprint density at radius 2 is 1.92 bits per heavy atom. The van der Waals surface area contributed by atoms with Crippen molar-refractivity contribution in [2.75, 3.05) is 0 Å². The van der Waals surface area contributed by atoms with Crippen molar-refractivity contribution in [1.29, 1.82) is 0 Å². The number of nitrogens with zero attached hydrogens (tertiary/aromatic N) is 3. The molecule has 0 aliphatic rings. The molecule has 0 N–H and O–H groups in total. The summed E-state index contributed by atoms with van der Waals surface area (Å²) in [6, 6.07) is 14.5. The van der Waals surface area contributed by atoms with Gasteiger partial charge in [-0.25, -0.2) is 0 Å². The average Bonchev–Trinajstić information content (AvgIpc) is 3.06. The molecule has 0 saturated heterocycles. The molecule has 0 fully saturated rings. The predicted octanol–water partition coefficient (Wildman–Crippen LogP) is 4.54. The van der Waals surface area contributed by atoms with E-state index in [1.165, 1.54) is 11.1 Å². The molecule has 0 radical (unpaired) electrons. The van der Waals surface area contributed by atoms with Crippen LogP contribution < -0.4 is 0 Å². The molecule has 24 heavy (non-hydrogen) atoms. The number of aryl methyl sites for hydroxylation is 1. The number of hydrogen-bond donors (Lipinski definition) is 0. The van der Waals surface area contributed by atoms with E-state index in [0.717, 1.165) is 22.5 Å². The van der Waals surface area contributed by atoms with Gasteiger partial charge in [0.1, 0.15) is 0 Å². The minimum atomic E-state index is 0.310. The molecule has 1 unspecified atom stereocenters. The number of hydrogen-bond acceptors (Lipinski definition) is 2. The van der Waals surface area contributed by atoms with Crippen LogP contribution in [0.3, 0.4) is 0 Å². The van der Waals surface area contributed by atoms with E-state index < -0.39 is 0 Å². The Morgan fingerprint density at radius 3 is 2.58 bits per heavy atom. The van der Waals surface area contributed by atoms with Crippen LogP contribution in [-0.2, 0) is 11.9 Å². The Hall–Kier alpha value is -1.32. The zero-order chi connectivity index (χ0) is 16.9. The minimum absolute atomic E-state index is 0.310. The molecule has 0 amide bonds. The van der Waals surface area contributed by atoms with Gasteiger partial charge in [0.05, 0.1) is 0 Å². The first-order valence-electron chi connectivity index (χ1n) is 7.56. The maximum atomic E-state index is 6.45. The van der Waals surface area contributed by atoms with Gasteiger partial charge in [-0.15, -0.1) is 0 Å². The molecule has 1 heterocycles. The first kappa shape index (κ1) is 17.5. The fourth-order valence-electron chi connectivity index (χ4n) is 2.38. The Labute approximate surface area is 158 Å². The summed E-state index contributed by atoms with van der Waals surface area (Å²) in [6.45, 7) is 2.88. The van der Waals surface area contributed by atoms with Gasteiger partial charge in [-0.3, -0.25) is 0 Å². The summed E-state index contributed by atoms with van der Waals surface area (Å²) in [7, 11) is 0. The van der Waals surface area contributed by atoms with E-state index in [2.05, 4.69) is 41.3 Å². The fraction of sp³-hybridized carbons (Fsp3) is 0.222. The summed E-state index contributed by atoms with van der Waals surface area (Å²) >= 11 is 12.8. The summed E-state index contributed by atoms with van der Waals surface area (Å²) in [4.78, 5) is 4.35. The van der Waals surface area contributed by atoms with Crippen molar-refractivity contribution < 1.29 is 0 Å². The maximum absolute atomic E-state index is 6.45. The SMILES string of the molecule is Cc1ccc(C[Se]C(Cn2cncn2)c2ccc(Cl)cc2Cl)cc1. The topological polar surface area (TPSA) is 30.7 Å². The zero-order valence-electron chi connectivity index (χ0n) is 13.2. The van der Waals surface area contributed by atoms with Crippen LogP contribution in [-0.4, -0.2) is 29.7 Å². The number of benzene rings is 2. The van der Waals surface area contributed by atoms with Gasteiger partial charge in [0, 0.05) is 0 Å². The molecule has 2 aromatic carbocycles. The van der Waals surface area contributed by atoms with Crippen LogP contribution in [0.4, 0.5) is 0 Å². The second-order valence-electron chi connectivity index (χ2n) is 5.57. The van der Waals surface area contributed by atoms with Gasteiger partial charge in [-0.05, 0) is 0 Å². The van der Waals surface area contributed by atoms with Gasteiger partial charge < -0.3 is 0 Å². The van der Waals surface area contributed by atoms with Gasteiger partial charge >= 0.3 is 158 Å². The molecule has 3 aromatic rings.